The fourth-order valence-corrected chi connectivity index (χ4v) is 1.80. The topological polar surface area (TPSA) is 53.3 Å². The molecule has 0 radical (unpaired) electrons. The first-order valence-electron chi connectivity index (χ1n) is 5.39. The predicted molar refractivity (Wildman–Crippen MR) is 67.1 cm³/mol. The van der Waals surface area contributed by atoms with E-state index in [2.05, 4.69) is 5.10 Å². The van der Waals surface area contributed by atoms with Crippen molar-refractivity contribution in [3.8, 4) is 22.6 Å². The van der Waals surface area contributed by atoms with Crippen LogP contribution < -0.4 is 9.47 Å². The summed E-state index contributed by atoms with van der Waals surface area (Å²) in [6, 6.07) is 3.44. The Kier molecular flexibility index (Phi) is 3.32. The maximum absolute atomic E-state index is 11.2. The van der Waals surface area contributed by atoms with Gasteiger partial charge in [0.1, 0.15) is 0 Å². The first kappa shape index (κ1) is 12.2. The Morgan fingerprint density at radius 1 is 1.22 bits per heavy atom. The second-order valence-corrected chi connectivity index (χ2v) is 3.81. The summed E-state index contributed by atoms with van der Waals surface area (Å²) in [4.78, 5) is 11.2. The van der Waals surface area contributed by atoms with E-state index in [4.69, 9.17) is 9.47 Å². The van der Waals surface area contributed by atoms with Gasteiger partial charge in [-0.25, -0.2) is 0 Å². The lowest BCUT2D eigenvalue weighted by molar-refractivity contribution is 0.112. The van der Waals surface area contributed by atoms with Crippen LogP contribution in [-0.4, -0.2) is 30.3 Å². The van der Waals surface area contributed by atoms with Crippen LogP contribution in [0.1, 0.15) is 10.4 Å². The number of rotatable bonds is 4. The van der Waals surface area contributed by atoms with Gasteiger partial charge in [-0.2, -0.15) is 5.10 Å². The molecule has 1 aromatic heterocycles. The lowest BCUT2D eigenvalue weighted by Gasteiger charge is -2.11. The molecule has 5 heteroatoms. The van der Waals surface area contributed by atoms with Gasteiger partial charge in [-0.3, -0.25) is 9.48 Å². The summed E-state index contributed by atoms with van der Waals surface area (Å²) in [5.41, 5.74) is 2.18. The second-order valence-electron chi connectivity index (χ2n) is 3.81. The first-order valence-corrected chi connectivity index (χ1v) is 5.39. The number of carbonyl (C=O) groups is 1. The Morgan fingerprint density at radius 3 is 2.39 bits per heavy atom. The molecule has 0 aliphatic rings. The summed E-state index contributed by atoms with van der Waals surface area (Å²) < 4.78 is 12.1. The minimum Gasteiger partial charge on any atom is -0.493 e. The highest BCUT2D eigenvalue weighted by molar-refractivity contribution is 5.89. The van der Waals surface area contributed by atoms with E-state index >= 15 is 0 Å². The van der Waals surface area contributed by atoms with Crippen LogP contribution >= 0.6 is 0 Å². The molecule has 5 nitrogen and oxygen atoms in total. The molecule has 1 heterocycles. The average Bonchev–Trinajstić information content (AvgIpc) is 2.83. The molecule has 0 aliphatic carbocycles. The molecule has 0 atom stereocenters. The standard InChI is InChI=1S/C13H14N2O3/c1-15-7-10(6-14-15)11-5-13(18-3)12(17-2)4-9(11)8-16/h4-8H,1-3H3. The van der Waals surface area contributed by atoms with E-state index in [1.807, 2.05) is 13.2 Å². The fraction of sp³-hybridized carbons (Fsp3) is 0.231. The van der Waals surface area contributed by atoms with Crippen molar-refractivity contribution in [1.29, 1.82) is 0 Å². The summed E-state index contributed by atoms with van der Waals surface area (Å²) in [5.74, 6) is 1.12. The smallest absolute Gasteiger partial charge is 0.161 e. The Hall–Kier alpha value is -2.30. The number of carbonyl (C=O) groups excluding carboxylic acids is 1. The average molecular weight is 246 g/mol. The van der Waals surface area contributed by atoms with E-state index in [1.54, 1.807) is 30.1 Å². The van der Waals surface area contributed by atoms with Gasteiger partial charge >= 0.3 is 0 Å². The fourth-order valence-electron chi connectivity index (χ4n) is 1.80. The van der Waals surface area contributed by atoms with Crippen molar-refractivity contribution in [2.75, 3.05) is 14.2 Å². The largest absolute Gasteiger partial charge is 0.493 e. The minimum atomic E-state index is 0.534. The van der Waals surface area contributed by atoms with Gasteiger partial charge in [0.25, 0.3) is 0 Å². The van der Waals surface area contributed by atoms with Gasteiger partial charge in [-0.1, -0.05) is 0 Å². The van der Waals surface area contributed by atoms with Crippen LogP contribution in [0.25, 0.3) is 11.1 Å². The normalized spacial score (nSPS) is 10.2. The molecule has 0 saturated carbocycles. The van der Waals surface area contributed by atoms with Crippen molar-refractivity contribution in [2.24, 2.45) is 7.05 Å². The van der Waals surface area contributed by atoms with Gasteiger partial charge in [0.05, 0.1) is 20.4 Å². The molecule has 0 unspecified atom stereocenters. The molecule has 2 aromatic rings. The predicted octanol–water partition coefficient (Wildman–Crippen LogP) is 1.92. The monoisotopic (exact) mass is 246 g/mol. The quantitative estimate of drug-likeness (QED) is 0.773. The van der Waals surface area contributed by atoms with Gasteiger partial charge in [0.15, 0.2) is 17.8 Å². The molecule has 1 aromatic carbocycles. The van der Waals surface area contributed by atoms with Crippen molar-refractivity contribution < 1.29 is 14.3 Å². The van der Waals surface area contributed by atoms with E-state index in [1.165, 1.54) is 7.11 Å². The van der Waals surface area contributed by atoms with Crippen LogP contribution in [-0.2, 0) is 7.05 Å². The van der Waals surface area contributed by atoms with Crippen molar-refractivity contribution in [1.82, 2.24) is 9.78 Å². The highest BCUT2D eigenvalue weighted by Crippen LogP contribution is 2.34. The molecule has 0 spiro atoms. The molecule has 94 valence electrons. The zero-order valence-corrected chi connectivity index (χ0v) is 10.5. The van der Waals surface area contributed by atoms with Gasteiger partial charge in [0.2, 0.25) is 0 Å². The van der Waals surface area contributed by atoms with Gasteiger partial charge in [-0.15, -0.1) is 0 Å². The van der Waals surface area contributed by atoms with Crippen LogP contribution in [0.15, 0.2) is 24.5 Å². The van der Waals surface area contributed by atoms with Gasteiger partial charge in [-0.05, 0) is 17.7 Å². The van der Waals surface area contributed by atoms with Crippen LogP contribution in [0.5, 0.6) is 11.5 Å². The Balaban J connectivity index is 2.62. The maximum atomic E-state index is 11.2. The third kappa shape index (κ3) is 2.07. The third-order valence-electron chi connectivity index (χ3n) is 2.70. The van der Waals surface area contributed by atoms with E-state index in [9.17, 15) is 4.79 Å². The van der Waals surface area contributed by atoms with Gasteiger partial charge in [0, 0.05) is 24.4 Å². The summed E-state index contributed by atoms with van der Waals surface area (Å²) in [6.45, 7) is 0. The van der Waals surface area contributed by atoms with Crippen molar-refractivity contribution in [3.05, 3.63) is 30.1 Å². The lowest BCUT2D eigenvalue weighted by Crippen LogP contribution is -1.95. The van der Waals surface area contributed by atoms with Crippen LogP contribution in [0.3, 0.4) is 0 Å². The summed E-state index contributed by atoms with van der Waals surface area (Å²) in [6.07, 6.45) is 4.34. The molecular weight excluding hydrogens is 232 g/mol. The molecule has 0 bridgehead atoms. The van der Waals surface area contributed by atoms with Crippen molar-refractivity contribution in [3.63, 3.8) is 0 Å². The molecule has 0 aliphatic heterocycles. The SMILES string of the molecule is COc1cc(C=O)c(-c2cnn(C)c2)cc1OC. The summed E-state index contributed by atoms with van der Waals surface area (Å²) in [5, 5.41) is 4.10. The number of ether oxygens (including phenoxy) is 2. The molecule has 0 amide bonds. The molecular formula is C13H14N2O3. The van der Waals surface area contributed by atoms with Gasteiger partial charge < -0.3 is 9.47 Å². The number of benzene rings is 1. The van der Waals surface area contributed by atoms with Crippen LogP contribution in [0.2, 0.25) is 0 Å². The molecule has 18 heavy (non-hydrogen) atoms. The first-order chi connectivity index (χ1) is 8.69. The Bertz CT molecular complexity index is 576. The molecule has 2 rings (SSSR count). The maximum Gasteiger partial charge on any atom is 0.161 e. The summed E-state index contributed by atoms with van der Waals surface area (Å²) >= 11 is 0. The highest BCUT2D eigenvalue weighted by atomic mass is 16.5. The number of aromatic nitrogens is 2. The number of hydrogen-bond donors (Lipinski definition) is 0. The molecule has 0 saturated heterocycles. The van der Waals surface area contributed by atoms with Crippen LogP contribution in [0, 0.1) is 0 Å². The van der Waals surface area contributed by atoms with Crippen LogP contribution in [0.4, 0.5) is 0 Å². The van der Waals surface area contributed by atoms with E-state index < -0.39 is 0 Å². The van der Waals surface area contributed by atoms with E-state index in [0.29, 0.717) is 17.1 Å². The highest BCUT2D eigenvalue weighted by Gasteiger charge is 2.13. The summed E-state index contributed by atoms with van der Waals surface area (Å²) in [7, 11) is 4.92. The van der Waals surface area contributed by atoms with Crippen molar-refractivity contribution >= 4 is 6.29 Å². The van der Waals surface area contributed by atoms with Crippen molar-refractivity contribution in [2.45, 2.75) is 0 Å². The minimum absolute atomic E-state index is 0.534. The number of aryl methyl sites for hydroxylation is 1. The third-order valence-corrected chi connectivity index (χ3v) is 2.70. The number of nitrogens with zero attached hydrogens (tertiary/aromatic N) is 2. The Morgan fingerprint density at radius 2 is 1.89 bits per heavy atom. The number of methoxy groups -OCH3 is 2. The molecule has 0 N–H and O–H groups in total. The van der Waals surface area contributed by atoms with E-state index in [-0.39, 0.29) is 0 Å². The zero-order valence-electron chi connectivity index (χ0n) is 10.5. The molecule has 0 fully saturated rings. The zero-order chi connectivity index (χ0) is 13.1. The lowest BCUT2D eigenvalue weighted by atomic mass is 10.0. The second kappa shape index (κ2) is 4.91. The number of aldehydes is 1. The Labute approximate surface area is 105 Å². The van der Waals surface area contributed by atoms with E-state index in [0.717, 1.165) is 17.4 Å². The number of hydrogen-bond acceptors (Lipinski definition) is 4.